The summed E-state index contributed by atoms with van der Waals surface area (Å²) in [5, 5.41) is 36.0. The number of aryl methyl sites for hydroxylation is 2. The second-order valence-corrected chi connectivity index (χ2v) is 22.8. The lowest BCUT2D eigenvalue weighted by Crippen LogP contribution is -2.52. The smallest absolute Gasteiger partial charge is 0.415 e. The number of aromatic nitrogens is 4. The number of hydrogen-bond acceptors (Lipinski definition) is 18. The molecule has 0 unspecified atom stereocenters. The van der Waals surface area contributed by atoms with Gasteiger partial charge in [-0.05, 0) is 102 Å². The van der Waals surface area contributed by atoms with Crippen LogP contribution in [0.1, 0.15) is 66.9 Å². The topological polar surface area (TPSA) is 292 Å². The van der Waals surface area contributed by atoms with Crippen molar-refractivity contribution in [2.45, 2.75) is 71.1 Å². The van der Waals surface area contributed by atoms with Crippen LogP contribution in [0, 0.1) is 17.2 Å². The molecule has 7 aromatic rings. The number of anilines is 1. The molecule has 2 atom stereocenters. The van der Waals surface area contributed by atoms with Gasteiger partial charge in [0, 0.05) is 99.1 Å². The van der Waals surface area contributed by atoms with Gasteiger partial charge in [0.2, 0.25) is 24.3 Å². The monoisotopic (exact) mass is 1240 g/mol. The number of pyridine rings is 1. The van der Waals surface area contributed by atoms with Crippen LogP contribution < -0.4 is 39.0 Å². The van der Waals surface area contributed by atoms with E-state index in [1.54, 1.807) is 68.6 Å². The fourth-order valence-electron chi connectivity index (χ4n) is 11.2. The Labute approximate surface area is 525 Å². The van der Waals surface area contributed by atoms with Crippen molar-refractivity contribution in [3.05, 3.63) is 114 Å². The highest BCUT2D eigenvalue weighted by molar-refractivity contribution is 5.98. The minimum Gasteiger partial charge on any atom is -0.507 e. The maximum Gasteiger partial charge on any atom is 0.415 e. The lowest BCUT2D eigenvalue weighted by atomic mass is 9.92. The summed E-state index contributed by atoms with van der Waals surface area (Å²) in [6.07, 6.45) is 7.28. The zero-order valence-electron chi connectivity index (χ0n) is 51.7. The third-order valence-corrected chi connectivity index (χ3v) is 16.6. The Balaban J connectivity index is 0.607. The number of phenols is 1. The fraction of sp³-hybridized carbons (Fsp3) is 0.385. The van der Waals surface area contributed by atoms with Crippen molar-refractivity contribution < 1.29 is 62.1 Å². The molecule has 26 nitrogen and oxygen atoms in total. The maximum absolute atomic E-state index is 13.7. The number of nitriles is 1. The number of likely N-dealkylation sites (tertiary alicyclic amines) is 1. The summed E-state index contributed by atoms with van der Waals surface area (Å²) in [7, 11) is 8.24. The van der Waals surface area contributed by atoms with Crippen LogP contribution in [0.2, 0.25) is 0 Å². The average Bonchev–Trinajstić information content (AvgIpc) is 1.53. The van der Waals surface area contributed by atoms with E-state index in [9.17, 15) is 33.9 Å². The number of rotatable bonds is 22. The van der Waals surface area contributed by atoms with Gasteiger partial charge in [0.05, 0.1) is 52.5 Å². The molecule has 4 aromatic carbocycles. The van der Waals surface area contributed by atoms with E-state index < -0.39 is 18.1 Å². The second-order valence-electron chi connectivity index (χ2n) is 22.8. The van der Waals surface area contributed by atoms with E-state index in [1.807, 2.05) is 42.4 Å². The number of unbranched alkanes of at least 4 members (excludes halogenated alkanes) is 2. The molecule has 3 aromatic heterocycles. The molecule has 0 saturated carbocycles. The van der Waals surface area contributed by atoms with Gasteiger partial charge in [0.25, 0.3) is 5.91 Å². The number of piperidine rings is 1. The highest BCUT2D eigenvalue weighted by atomic mass is 16.7. The SMILES string of the molecule is COc1ccc2cc3[n+](cc2c1OC(=O)N(C)CCNC(=O)CCCCCNC(=O)c1cc(N=Nc2ccc(COC(=O)N(C)CCN(C)C(=O)n4ccc5c(N(C)[C@H]6CN(C(=O)CC#N)CC[C@H]6C)ncnc54)cc2)ccc1O)CCc1cc2c(cc1-3)OCO2. The van der Waals surface area contributed by atoms with Crippen LogP contribution in [-0.4, -0.2) is 169 Å². The van der Waals surface area contributed by atoms with E-state index >= 15 is 0 Å². The van der Waals surface area contributed by atoms with E-state index in [1.165, 1.54) is 56.5 Å². The Hall–Kier alpha value is -10.6. The summed E-state index contributed by atoms with van der Waals surface area (Å²) in [4.78, 5) is 95.4. The average molecular weight is 1240 g/mol. The van der Waals surface area contributed by atoms with Gasteiger partial charge in [-0.25, -0.2) is 24.4 Å². The van der Waals surface area contributed by atoms with Crippen molar-refractivity contribution in [1.29, 1.82) is 5.26 Å². The molecule has 1 fully saturated rings. The number of carbonyl (C=O) groups excluding carboxylic acids is 6. The first kappa shape index (κ1) is 63.4. The van der Waals surface area contributed by atoms with Crippen LogP contribution in [-0.2, 0) is 33.9 Å². The first-order chi connectivity index (χ1) is 44.0. The molecule has 0 spiro atoms. The number of fused-ring (bicyclic) bond motifs is 6. The molecule has 0 bridgehead atoms. The summed E-state index contributed by atoms with van der Waals surface area (Å²) in [5.74, 6) is 1.94. The van der Waals surface area contributed by atoms with Gasteiger partial charge in [0.1, 0.15) is 30.9 Å². The number of hydrogen-bond donors (Lipinski definition) is 3. The van der Waals surface area contributed by atoms with Crippen molar-refractivity contribution in [3.8, 4) is 46.1 Å². The zero-order valence-corrected chi connectivity index (χ0v) is 51.7. The predicted molar refractivity (Wildman–Crippen MR) is 334 cm³/mol. The molecular formula is C65H73N14O12+. The number of methoxy groups -OCH3 is 1. The molecule has 0 radical (unpaired) electrons. The number of ether oxygens (including phenoxy) is 5. The molecule has 474 valence electrons. The highest BCUT2D eigenvalue weighted by Gasteiger charge is 2.34. The Kier molecular flexibility index (Phi) is 20.0. The van der Waals surface area contributed by atoms with Gasteiger partial charge in [-0.3, -0.25) is 19.0 Å². The number of aromatic hydroxyl groups is 1. The summed E-state index contributed by atoms with van der Waals surface area (Å²) < 4.78 is 32.0. The molecular weight excluding hydrogens is 1170 g/mol. The quantitative estimate of drug-likeness (QED) is 0.0327. The van der Waals surface area contributed by atoms with Crippen LogP contribution in [0.25, 0.3) is 33.1 Å². The number of azo groups is 1. The van der Waals surface area contributed by atoms with Crippen LogP contribution >= 0.6 is 0 Å². The molecule has 0 aliphatic carbocycles. The fourth-order valence-corrected chi connectivity index (χ4v) is 11.2. The van der Waals surface area contributed by atoms with Crippen molar-refractivity contribution in [3.63, 3.8) is 0 Å². The summed E-state index contributed by atoms with van der Waals surface area (Å²) in [5.41, 5.74) is 5.18. The minimum atomic E-state index is -0.606. The summed E-state index contributed by atoms with van der Waals surface area (Å²) in [6, 6.07) is 24.3. The number of nitrogens with zero attached hydrogens (tertiary/aromatic N) is 12. The van der Waals surface area contributed by atoms with Crippen LogP contribution in [0.4, 0.5) is 31.6 Å². The maximum atomic E-state index is 13.7. The lowest BCUT2D eigenvalue weighted by molar-refractivity contribution is -0.686. The highest BCUT2D eigenvalue weighted by Crippen LogP contribution is 2.42. The third kappa shape index (κ3) is 14.8. The van der Waals surface area contributed by atoms with Crippen molar-refractivity contribution >= 4 is 74.9 Å². The van der Waals surface area contributed by atoms with Gasteiger partial charge >= 0.3 is 18.2 Å². The molecule has 3 aliphatic rings. The van der Waals surface area contributed by atoms with Gasteiger partial charge in [-0.1, -0.05) is 25.5 Å². The lowest BCUT2D eigenvalue weighted by Gasteiger charge is -2.42. The minimum absolute atomic E-state index is 0.0240. The Morgan fingerprint density at radius 1 is 0.835 bits per heavy atom. The largest absolute Gasteiger partial charge is 0.507 e. The van der Waals surface area contributed by atoms with Gasteiger partial charge < -0.3 is 63.9 Å². The van der Waals surface area contributed by atoms with E-state index in [2.05, 4.69) is 48.4 Å². The van der Waals surface area contributed by atoms with Gasteiger partial charge in [-0.2, -0.15) is 20.1 Å². The zero-order chi connectivity index (χ0) is 64.3. The molecule has 10 rings (SSSR count). The molecule has 6 amide bonds. The summed E-state index contributed by atoms with van der Waals surface area (Å²) >= 11 is 0. The van der Waals surface area contributed by atoms with Crippen molar-refractivity contribution in [2.75, 3.05) is 92.8 Å². The van der Waals surface area contributed by atoms with Gasteiger partial charge in [-0.15, -0.1) is 0 Å². The molecule has 6 heterocycles. The number of benzene rings is 4. The Bertz CT molecular complexity index is 3960. The number of nitrogens with one attached hydrogen (secondary N) is 2. The van der Waals surface area contributed by atoms with Crippen LogP contribution in [0.3, 0.4) is 0 Å². The molecule has 3 aliphatic heterocycles. The first-order valence-electron chi connectivity index (χ1n) is 30.1. The number of likely N-dealkylation sites (N-methyl/N-ethyl adjacent to an activating group) is 4. The Morgan fingerprint density at radius 2 is 1.59 bits per heavy atom. The standard InChI is InChI=1S/C65H72N14O12/c1-41-20-26-78(58(82)19-23-66)37-52(41)76(5)60-47-22-28-79(61(47)70-39-69-60)63(84)73(2)30-31-75(4)64(85)88-38-42-11-14-45(15-12-42)71-72-46-16-17-53(80)49(34-46)62(83)68-24-9-7-8-10-57(81)67-25-29-74(3)65(86)91-59-50-36-77-27-21-44-33-55-56(90-40-89-55)35-48(44)51(77)32-43(50)13-18-54(59)87-6/h11-18,22,28,32-36,39,41,52H,7-10,19-21,24-27,29-31,37-38,40H2,1-6H3,(H2-,67,68,71,80,81,83)/p+1/t41-,52+/m1/s1. The third-order valence-electron chi connectivity index (χ3n) is 16.6. The van der Waals surface area contributed by atoms with Crippen LogP contribution in [0.15, 0.2) is 108 Å². The number of amides is 6. The Morgan fingerprint density at radius 3 is 2.38 bits per heavy atom. The number of phenolic OH excluding ortho intramolecular Hbond substituents is 1. The van der Waals surface area contributed by atoms with E-state index in [0.717, 1.165) is 41.8 Å². The predicted octanol–water partition coefficient (Wildman–Crippen LogP) is 8.25. The molecule has 1 saturated heterocycles. The number of carbonyl (C=O) groups is 6. The normalized spacial score (nSPS) is 14.7. The van der Waals surface area contributed by atoms with E-state index in [4.69, 9.17) is 28.9 Å². The first-order valence-corrected chi connectivity index (χ1v) is 30.1. The molecule has 3 N–H and O–H groups in total. The van der Waals surface area contributed by atoms with E-state index in [-0.39, 0.29) is 93.5 Å². The van der Waals surface area contributed by atoms with Crippen molar-refractivity contribution in [2.24, 2.45) is 16.1 Å². The summed E-state index contributed by atoms with van der Waals surface area (Å²) in [6.45, 7) is 5.14. The van der Waals surface area contributed by atoms with E-state index in [0.29, 0.717) is 95.3 Å². The molecule has 91 heavy (non-hydrogen) atoms. The van der Waals surface area contributed by atoms with Crippen molar-refractivity contribution in [1.82, 2.24) is 44.8 Å². The van der Waals surface area contributed by atoms with Crippen LogP contribution in [0.5, 0.6) is 28.7 Å². The molecule has 26 heteroatoms. The second kappa shape index (κ2) is 28.7. The van der Waals surface area contributed by atoms with Gasteiger partial charge in [0.15, 0.2) is 41.4 Å².